The van der Waals surface area contributed by atoms with Crippen molar-refractivity contribution in [2.24, 2.45) is 5.92 Å². The number of urea groups is 1. The molecule has 1 saturated heterocycles. The molecule has 0 bridgehead atoms. The number of aliphatic carboxylic acids is 1. The van der Waals surface area contributed by atoms with E-state index in [1.807, 2.05) is 37.3 Å². The van der Waals surface area contributed by atoms with Gasteiger partial charge in [0.2, 0.25) is 0 Å². The summed E-state index contributed by atoms with van der Waals surface area (Å²) >= 11 is 0. The Morgan fingerprint density at radius 1 is 1.43 bits per heavy atom. The van der Waals surface area contributed by atoms with Gasteiger partial charge >= 0.3 is 12.0 Å². The third-order valence-electron chi connectivity index (χ3n) is 3.45. The van der Waals surface area contributed by atoms with E-state index in [-0.39, 0.29) is 18.7 Å². The normalized spacial score (nSPS) is 19.1. The fraction of sp³-hybridized carbons (Fsp3) is 0.467. The second-order valence-corrected chi connectivity index (χ2v) is 5.20. The smallest absolute Gasteiger partial charge is 0.317 e. The Balaban J connectivity index is 1.73. The molecule has 114 valence electrons. The molecule has 2 N–H and O–H groups in total. The quantitative estimate of drug-likeness (QED) is 0.863. The van der Waals surface area contributed by atoms with E-state index in [2.05, 4.69) is 5.32 Å². The van der Waals surface area contributed by atoms with Crippen LogP contribution in [0.1, 0.15) is 13.3 Å². The van der Waals surface area contributed by atoms with Crippen LogP contribution < -0.4 is 10.1 Å². The number of carboxylic acid groups (broad SMARTS) is 1. The number of amides is 2. The maximum Gasteiger partial charge on any atom is 0.317 e. The molecule has 1 aromatic carbocycles. The molecule has 1 aliphatic rings. The zero-order valence-electron chi connectivity index (χ0n) is 12.0. The van der Waals surface area contributed by atoms with E-state index in [1.54, 1.807) is 0 Å². The van der Waals surface area contributed by atoms with E-state index in [0.717, 1.165) is 5.75 Å². The Morgan fingerprint density at radius 3 is 2.76 bits per heavy atom. The Bertz CT molecular complexity index is 492. The zero-order valence-corrected chi connectivity index (χ0v) is 12.0. The molecule has 6 heteroatoms. The number of benzene rings is 1. The first-order chi connectivity index (χ1) is 10.1. The summed E-state index contributed by atoms with van der Waals surface area (Å²) in [5, 5.41) is 11.7. The monoisotopic (exact) mass is 292 g/mol. The van der Waals surface area contributed by atoms with Gasteiger partial charge < -0.3 is 20.1 Å². The number of hydrogen-bond acceptors (Lipinski definition) is 3. The lowest BCUT2D eigenvalue weighted by Gasteiger charge is -2.19. The number of carbonyl (C=O) groups excluding carboxylic acids is 1. The number of ether oxygens (including phenoxy) is 1. The summed E-state index contributed by atoms with van der Waals surface area (Å²) < 4.78 is 5.66. The van der Waals surface area contributed by atoms with Crippen LogP contribution in [-0.4, -0.2) is 47.7 Å². The van der Waals surface area contributed by atoms with Crippen LogP contribution in [-0.2, 0) is 4.79 Å². The van der Waals surface area contributed by atoms with Gasteiger partial charge in [0.15, 0.2) is 0 Å². The van der Waals surface area contributed by atoms with E-state index in [4.69, 9.17) is 9.84 Å². The molecule has 2 amide bonds. The Labute approximate surface area is 123 Å². The number of nitrogens with one attached hydrogen (secondary N) is 1. The SMILES string of the molecule is CC(CNC(=O)N1CCC(C(=O)O)C1)Oc1ccccc1. The highest BCUT2D eigenvalue weighted by Crippen LogP contribution is 2.16. The van der Waals surface area contributed by atoms with Crippen molar-refractivity contribution < 1.29 is 19.4 Å². The van der Waals surface area contributed by atoms with Gasteiger partial charge in [-0.05, 0) is 25.5 Å². The number of hydrogen-bond donors (Lipinski definition) is 2. The van der Waals surface area contributed by atoms with E-state index in [9.17, 15) is 9.59 Å². The molecule has 2 rings (SSSR count). The van der Waals surface area contributed by atoms with Crippen LogP contribution >= 0.6 is 0 Å². The highest BCUT2D eigenvalue weighted by Gasteiger charge is 2.30. The first-order valence-electron chi connectivity index (χ1n) is 7.03. The maximum absolute atomic E-state index is 11.9. The number of rotatable bonds is 5. The molecular formula is C15H20N2O4. The van der Waals surface area contributed by atoms with Crippen molar-refractivity contribution in [1.29, 1.82) is 0 Å². The summed E-state index contributed by atoms with van der Waals surface area (Å²) in [4.78, 5) is 24.3. The van der Waals surface area contributed by atoms with Gasteiger partial charge in [-0.25, -0.2) is 4.79 Å². The van der Waals surface area contributed by atoms with E-state index < -0.39 is 11.9 Å². The molecule has 2 atom stereocenters. The Kier molecular flexibility index (Phi) is 5.03. The topological polar surface area (TPSA) is 78.9 Å². The van der Waals surface area contributed by atoms with Crippen LogP contribution in [0.25, 0.3) is 0 Å². The van der Waals surface area contributed by atoms with Gasteiger partial charge in [-0.2, -0.15) is 0 Å². The third kappa shape index (κ3) is 4.37. The average molecular weight is 292 g/mol. The second-order valence-electron chi connectivity index (χ2n) is 5.20. The van der Waals surface area contributed by atoms with Crippen molar-refractivity contribution in [1.82, 2.24) is 10.2 Å². The average Bonchev–Trinajstić information content (AvgIpc) is 2.96. The predicted molar refractivity (Wildman–Crippen MR) is 77.2 cm³/mol. The Morgan fingerprint density at radius 2 is 2.14 bits per heavy atom. The fourth-order valence-corrected chi connectivity index (χ4v) is 2.26. The summed E-state index contributed by atoms with van der Waals surface area (Å²) in [6.45, 7) is 3.01. The highest BCUT2D eigenvalue weighted by atomic mass is 16.5. The minimum Gasteiger partial charge on any atom is -0.489 e. The second kappa shape index (κ2) is 6.97. The third-order valence-corrected chi connectivity index (χ3v) is 3.45. The van der Waals surface area contributed by atoms with Gasteiger partial charge in [0.25, 0.3) is 0 Å². The molecule has 6 nitrogen and oxygen atoms in total. The standard InChI is InChI=1S/C15H20N2O4/c1-11(21-13-5-3-2-4-6-13)9-16-15(20)17-8-7-12(10-17)14(18)19/h2-6,11-12H,7-10H2,1H3,(H,16,20)(H,18,19). The molecule has 2 unspecified atom stereocenters. The lowest BCUT2D eigenvalue weighted by molar-refractivity contribution is -0.141. The lowest BCUT2D eigenvalue weighted by Crippen LogP contribution is -2.42. The molecule has 0 aliphatic carbocycles. The van der Waals surface area contributed by atoms with E-state index >= 15 is 0 Å². The van der Waals surface area contributed by atoms with Crippen molar-refractivity contribution in [2.75, 3.05) is 19.6 Å². The number of likely N-dealkylation sites (tertiary alicyclic amines) is 1. The van der Waals surface area contributed by atoms with E-state index in [0.29, 0.717) is 19.5 Å². The minimum absolute atomic E-state index is 0.158. The number of carboxylic acids is 1. The van der Waals surface area contributed by atoms with Crippen molar-refractivity contribution >= 4 is 12.0 Å². The van der Waals surface area contributed by atoms with Gasteiger partial charge in [-0.3, -0.25) is 4.79 Å². The summed E-state index contributed by atoms with van der Waals surface area (Å²) in [6, 6.07) is 9.16. The molecule has 1 fully saturated rings. The van der Waals surface area contributed by atoms with E-state index in [1.165, 1.54) is 4.90 Å². The maximum atomic E-state index is 11.9. The molecule has 0 radical (unpaired) electrons. The van der Waals surface area contributed by atoms with Crippen LogP contribution in [0.4, 0.5) is 4.79 Å². The number of para-hydroxylation sites is 1. The van der Waals surface area contributed by atoms with Crippen LogP contribution in [0, 0.1) is 5.92 Å². The molecule has 21 heavy (non-hydrogen) atoms. The number of carbonyl (C=O) groups is 2. The molecule has 1 aliphatic heterocycles. The molecule has 1 aromatic rings. The molecular weight excluding hydrogens is 272 g/mol. The molecule has 1 heterocycles. The summed E-state index contributed by atoms with van der Waals surface area (Å²) in [5.74, 6) is -0.536. The van der Waals surface area contributed by atoms with Crippen molar-refractivity contribution in [3.63, 3.8) is 0 Å². The first kappa shape index (κ1) is 15.2. The van der Waals surface area contributed by atoms with Gasteiger partial charge in [-0.1, -0.05) is 18.2 Å². The highest BCUT2D eigenvalue weighted by molar-refractivity contribution is 5.77. The Hall–Kier alpha value is -2.24. The summed E-state index contributed by atoms with van der Waals surface area (Å²) in [5.41, 5.74) is 0. The molecule has 0 aromatic heterocycles. The first-order valence-corrected chi connectivity index (χ1v) is 7.03. The van der Waals surface area contributed by atoms with Crippen LogP contribution in [0.15, 0.2) is 30.3 Å². The van der Waals surface area contributed by atoms with Crippen LogP contribution in [0.2, 0.25) is 0 Å². The lowest BCUT2D eigenvalue weighted by atomic mass is 10.1. The van der Waals surface area contributed by atoms with Gasteiger partial charge in [0.1, 0.15) is 11.9 Å². The molecule has 0 saturated carbocycles. The minimum atomic E-state index is -0.842. The number of nitrogens with zero attached hydrogens (tertiary/aromatic N) is 1. The van der Waals surface area contributed by atoms with Crippen molar-refractivity contribution in [3.8, 4) is 5.75 Å². The fourth-order valence-electron chi connectivity index (χ4n) is 2.26. The largest absolute Gasteiger partial charge is 0.489 e. The van der Waals surface area contributed by atoms with Gasteiger partial charge in [0, 0.05) is 13.1 Å². The van der Waals surface area contributed by atoms with Gasteiger partial charge in [0.05, 0.1) is 12.5 Å². The van der Waals surface area contributed by atoms with Crippen LogP contribution in [0.5, 0.6) is 5.75 Å². The zero-order chi connectivity index (χ0) is 15.2. The summed E-state index contributed by atoms with van der Waals surface area (Å²) in [7, 11) is 0. The molecule has 0 spiro atoms. The van der Waals surface area contributed by atoms with Gasteiger partial charge in [-0.15, -0.1) is 0 Å². The predicted octanol–water partition coefficient (Wildman–Crippen LogP) is 1.57. The van der Waals surface area contributed by atoms with Crippen LogP contribution in [0.3, 0.4) is 0 Å². The van der Waals surface area contributed by atoms with Crippen molar-refractivity contribution in [2.45, 2.75) is 19.4 Å². The summed E-state index contributed by atoms with van der Waals surface area (Å²) in [6.07, 6.45) is 0.355. The van der Waals surface area contributed by atoms with Crippen molar-refractivity contribution in [3.05, 3.63) is 30.3 Å².